The second kappa shape index (κ2) is 9.36. The average Bonchev–Trinajstić information content (AvgIpc) is 3.36. The summed E-state index contributed by atoms with van der Waals surface area (Å²) in [6.07, 6.45) is 1.96. The van der Waals surface area contributed by atoms with Crippen molar-refractivity contribution in [3.05, 3.63) is 83.9 Å². The lowest BCUT2D eigenvalue weighted by atomic mass is 9.74. The Bertz CT molecular complexity index is 1200. The summed E-state index contributed by atoms with van der Waals surface area (Å²) in [6.45, 7) is 2.66. The number of nitrogens with zero attached hydrogens (tertiary/aromatic N) is 2. The van der Waals surface area contributed by atoms with Crippen LogP contribution in [-0.2, 0) is 0 Å². The molecular weight excluding hydrogens is 440 g/mol. The zero-order valence-electron chi connectivity index (χ0n) is 19.7. The molecule has 6 nitrogen and oxygen atoms in total. The number of rotatable bonds is 4. The van der Waals surface area contributed by atoms with Gasteiger partial charge in [0.25, 0.3) is 5.91 Å². The topological polar surface area (TPSA) is 62.2 Å². The molecule has 0 aliphatic carbocycles. The van der Waals surface area contributed by atoms with E-state index in [0.717, 1.165) is 25.9 Å². The van der Waals surface area contributed by atoms with Gasteiger partial charge in [-0.1, -0.05) is 54.6 Å². The van der Waals surface area contributed by atoms with Crippen LogP contribution in [0, 0.1) is 0 Å². The number of amides is 1. The number of benzene rings is 3. The van der Waals surface area contributed by atoms with E-state index in [1.807, 2.05) is 23.1 Å². The maximum atomic E-state index is 13.5. The van der Waals surface area contributed by atoms with Crippen molar-refractivity contribution in [1.82, 2.24) is 9.80 Å². The minimum Gasteiger partial charge on any atom is -0.454 e. The van der Waals surface area contributed by atoms with Crippen LogP contribution in [-0.4, -0.2) is 65.9 Å². The molecule has 3 atom stereocenters. The molecule has 180 valence electrons. The van der Waals surface area contributed by atoms with Gasteiger partial charge in [0.1, 0.15) is 0 Å². The van der Waals surface area contributed by atoms with E-state index in [0.29, 0.717) is 23.6 Å². The fraction of sp³-hybridized carbons (Fsp3) is 0.345. The highest BCUT2D eigenvalue weighted by Crippen LogP contribution is 2.42. The number of fused-ring (bicyclic) bond motifs is 2. The fourth-order valence-corrected chi connectivity index (χ4v) is 5.87. The van der Waals surface area contributed by atoms with E-state index in [-0.39, 0.29) is 37.3 Å². The van der Waals surface area contributed by atoms with Gasteiger partial charge in [0.15, 0.2) is 11.5 Å². The highest BCUT2D eigenvalue weighted by atomic mass is 16.7. The maximum absolute atomic E-state index is 13.5. The molecule has 1 amide bonds. The van der Waals surface area contributed by atoms with Gasteiger partial charge >= 0.3 is 0 Å². The number of hydrogen-bond acceptors (Lipinski definition) is 5. The minimum absolute atomic E-state index is 0.0239. The van der Waals surface area contributed by atoms with E-state index in [9.17, 15) is 9.90 Å². The molecule has 0 unspecified atom stereocenters. The number of carbonyl (C=O) groups excluding carboxylic acids is 1. The molecule has 2 saturated heterocycles. The minimum atomic E-state index is 0.0239. The number of aliphatic hydroxyl groups is 1. The molecule has 3 aromatic carbocycles. The summed E-state index contributed by atoms with van der Waals surface area (Å²) in [5.41, 5.74) is 4.23. The second-order valence-corrected chi connectivity index (χ2v) is 9.60. The molecule has 6 rings (SSSR count). The summed E-state index contributed by atoms with van der Waals surface area (Å²) in [6, 6.07) is 24.8. The normalized spacial score (nSPS) is 23.7. The van der Waals surface area contributed by atoms with Crippen LogP contribution in [0.5, 0.6) is 11.5 Å². The van der Waals surface area contributed by atoms with Gasteiger partial charge in [0.2, 0.25) is 6.79 Å². The smallest absolute Gasteiger partial charge is 0.254 e. The Hall–Kier alpha value is -3.35. The average molecular weight is 471 g/mol. The van der Waals surface area contributed by atoms with E-state index in [1.165, 1.54) is 16.7 Å². The summed E-state index contributed by atoms with van der Waals surface area (Å²) in [5.74, 6) is 1.53. The summed E-state index contributed by atoms with van der Waals surface area (Å²) < 4.78 is 10.9. The van der Waals surface area contributed by atoms with Crippen LogP contribution in [0.2, 0.25) is 0 Å². The maximum Gasteiger partial charge on any atom is 0.254 e. The lowest BCUT2D eigenvalue weighted by Gasteiger charge is -2.57. The quantitative estimate of drug-likeness (QED) is 0.621. The molecule has 0 spiro atoms. The summed E-state index contributed by atoms with van der Waals surface area (Å²) in [7, 11) is 0. The molecule has 0 aromatic heterocycles. The van der Waals surface area contributed by atoms with Gasteiger partial charge in [-0.2, -0.15) is 0 Å². The summed E-state index contributed by atoms with van der Waals surface area (Å²) in [5, 5.41) is 10.2. The lowest BCUT2D eigenvalue weighted by molar-refractivity contribution is -0.0606. The van der Waals surface area contributed by atoms with Gasteiger partial charge in [-0.25, -0.2) is 0 Å². The van der Waals surface area contributed by atoms with Crippen LogP contribution in [0.4, 0.5) is 0 Å². The van der Waals surface area contributed by atoms with Gasteiger partial charge in [-0.05, 0) is 54.3 Å². The zero-order valence-corrected chi connectivity index (χ0v) is 19.7. The third-order valence-electron chi connectivity index (χ3n) is 7.68. The van der Waals surface area contributed by atoms with E-state index < -0.39 is 0 Å². The Labute approximate surface area is 205 Å². The molecule has 0 saturated carbocycles. The molecule has 2 fully saturated rings. The van der Waals surface area contributed by atoms with Crippen molar-refractivity contribution in [3.8, 4) is 22.6 Å². The molecule has 6 heteroatoms. The fourth-order valence-electron chi connectivity index (χ4n) is 5.87. The monoisotopic (exact) mass is 470 g/mol. The Kier molecular flexibility index (Phi) is 5.92. The Balaban J connectivity index is 1.24. The van der Waals surface area contributed by atoms with Gasteiger partial charge in [-0.3, -0.25) is 9.69 Å². The second-order valence-electron chi connectivity index (χ2n) is 9.60. The first kappa shape index (κ1) is 22.1. The van der Waals surface area contributed by atoms with E-state index in [4.69, 9.17) is 9.47 Å². The third-order valence-corrected chi connectivity index (χ3v) is 7.68. The predicted octanol–water partition coefficient (Wildman–Crippen LogP) is 4.15. The Morgan fingerprint density at radius 3 is 2.43 bits per heavy atom. The van der Waals surface area contributed by atoms with Crippen molar-refractivity contribution in [3.63, 3.8) is 0 Å². The molecular formula is C29H30N2O4. The third kappa shape index (κ3) is 4.07. The first-order valence-corrected chi connectivity index (χ1v) is 12.4. The summed E-state index contributed by atoms with van der Waals surface area (Å²) in [4.78, 5) is 17.9. The molecule has 3 heterocycles. The zero-order chi connectivity index (χ0) is 23.8. The standard InChI is InChI=1S/C29H30N2O4/c32-18-25-28(22-10-8-21(9-11-22)20-6-2-1-3-7-20)24-17-30(14-4-5-15-31(24)25)29(33)23-12-13-26-27(16-23)35-19-34-26/h1-3,6-13,16,24-25,28,32H,4-5,14-15,17-19H2/t24-,25+,28-/m0/s1. The number of ether oxygens (including phenoxy) is 2. The molecule has 3 aliphatic rings. The van der Waals surface area contributed by atoms with Gasteiger partial charge < -0.3 is 19.5 Å². The Morgan fingerprint density at radius 1 is 0.886 bits per heavy atom. The molecule has 3 aliphatic heterocycles. The van der Waals surface area contributed by atoms with E-state index in [1.54, 1.807) is 6.07 Å². The first-order valence-electron chi connectivity index (χ1n) is 12.4. The van der Waals surface area contributed by atoms with Crippen molar-refractivity contribution >= 4 is 5.91 Å². The molecule has 1 N–H and O–H groups in total. The Morgan fingerprint density at radius 2 is 1.63 bits per heavy atom. The van der Waals surface area contributed by atoms with Crippen molar-refractivity contribution in [2.45, 2.75) is 30.8 Å². The van der Waals surface area contributed by atoms with Crippen LogP contribution in [0.25, 0.3) is 11.1 Å². The molecule has 0 radical (unpaired) electrons. The van der Waals surface area contributed by atoms with Crippen molar-refractivity contribution in [2.75, 3.05) is 33.0 Å². The molecule has 0 bridgehead atoms. The van der Waals surface area contributed by atoms with Crippen LogP contribution in [0.3, 0.4) is 0 Å². The van der Waals surface area contributed by atoms with Crippen LogP contribution >= 0.6 is 0 Å². The number of hydrogen-bond donors (Lipinski definition) is 1. The van der Waals surface area contributed by atoms with E-state index >= 15 is 0 Å². The van der Waals surface area contributed by atoms with Crippen molar-refractivity contribution in [2.24, 2.45) is 0 Å². The van der Waals surface area contributed by atoms with Crippen LogP contribution in [0.1, 0.15) is 34.7 Å². The predicted molar refractivity (Wildman–Crippen MR) is 134 cm³/mol. The lowest BCUT2D eigenvalue weighted by Crippen LogP contribution is -2.67. The molecule has 35 heavy (non-hydrogen) atoms. The van der Waals surface area contributed by atoms with Crippen molar-refractivity contribution in [1.29, 1.82) is 0 Å². The SMILES string of the molecule is O=C(c1ccc2c(c1)OCO2)N1CCCCN2[C@H](CO)[C@@H](c3ccc(-c4ccccc4)cc3)[C@@H]2C1. The summed E-state index contributed by atoms with van der Waals surface area (Å²) >= 11 is 0. The highest BCUT2D eigenvalue weighted by molar-refractivity contribution is 5.95. The van der Waals surface area contributed by atoms with Gasteiger partial charge in [-0.15, -0.1) is 0 Å². The van der Waals surface area contributed by atoms with Crippen molar-refractivity contribution < 1.29 is 19.4 Å². The van der Waals surface area contributed by atoms with Gasteiger partial charge in [0, 0.05) is 36.7 Å². The van der Waals surface area contributed by atoms with E-state index in [2.05, 4.69) is 53.4 Å². The number of carbonyl (C=O) groups is 1. The van der Waals surface area contributed by atoms with Crippen LogP contribution in [0.15, 0.2) is 72.8 Å². The van der Waals surface area contributed by atoms with Crippen LogP contribution < -0.4 is 9.47 Å². The number of aliphatic hydroxyl groups excluding tert-OH is 1. The van der Waals surface area contributed by atoms with Gasteiger partial charge in [0.05, 0.1) is 6.61 Å². The molecule has 3 aromatic rings. The highest BCUT2D eigenvalue weighted by Gasteiger charge is 2.49. The first-order chi connectivity index (χ1) is 17.2. The largest absolute Gasteiger partial charge is 0.454 e.